The van der Waals surface area contributed by atoms with Gasteiger partial charge in [-0.15, -0.1) is 0 Å². The van der Waals surface area contributed by atoms with Crippen LogP contribution in [0.3, 0.4) is 0 Å². The fourth-order valence-corrected chi connectivity index (χ4v) is 1.80. The lowest BCUT2D eigenvalue weighted by Crippen LogP contribution is -2.24. The second-order valence-corrected chi connectivity index (χ2v) is 4.53. The first-order chi connectivity index (χ1) is 7.69. The van der Waals surface area contributed by atoms with E-state index in [1.165, 1.54) is 12.8 Å². The van der Waals surface area contributed by atoms with Gasteiger partial charge in [-0.05, 0) is 26.3 Å². The monoisotopic (exact) mass is 224 g/mol. The highest BCUT2D eigenvalue weighted by Gasteiger charge is 2.08. The van der Waals surface area contributed by atoms with Gasteiger partial charge in [0.05, 0.1) is 6.54 Å². The zero-order valence-electron chi connectivity index (χ0n) is 10.9. The van der Waals surface area contributed by atoms with Crippen molar-refractivity contribution in [3.05, 3.63) is 12.2 Å². The number of nitrogens with one attached hydrogen (secondary N) is 1. The molecule has 1 aromatic rings. The molecule has 92 valence electrons. The van der Waals surface area contributed by atoms with E-state index < -0.39 is 0 Å². The van der Waals surface area contributed by atoms with Crippen LogP contribution in [0.4, 0.5) is 0 Å². The largest absolute Gasteiger partial charge is 0.310 e. The van der Waals surface area contributed by atoms with Crippen molar-refractivity contribution >= 4 is 0 Å². The predicted octanol–water partition coefficient (Wildman–Crippen LogP) is 2.38. The molecule has 0 amide bonds. The number of nitrogens with zero attached hydrogens (tertiary/aromatic N) is 3. The Hall–Kier alpha value is -0.900. The van der Waals surface area contributed by atoms with Gasteiger partial charge < -0.3 is 5.32 Å². The molecular weight excluding hydrogens is 200 g/mol. The van der Waals surface area contributed by atoms with Gasteiger partial charge in [0.2, 0.25) is 0 Å². The first kappa shape index (κ1) is 13.2. The Morgan fingerprint density at radius 1 is 1.31 bits per heavy atom. The smallest absolute Gasteiger partial charge is 0.141 e. The van der Waals surface area contributed by atoms with Gasteiger partial charge in [-0.1, -0.05) is 26.7 Å². The molecule has 0 atom stereocenters. The zero-order chi connectivity index (χ0) is 12.0. The maximum atomic E-state index is 4.28. The lowest BCUT2D eigenvalue weighted by Gasteiger charge is -2.14. The summed E-state index contributed by atoms with van der Waals surface area (Å²) in [5.74, 6) is 1.80. The van der Waals surface area contributed by atoms with Crippen LogP contribution >= 0.6 is 0 Å². The Morgan fingerprint density at radius 2 is 2.00 bits per heavy atom. The summed E-state index contributed by atoms with van der Waals surface area (Å²) in [7, 11) is 0. The Balaban J connectivity index is 2.39. The van der Waals surface area contributed by atoms with Crippen molar-refractivity contribution in [1.29, 1.82) is 0 Å². The van der Waals surface area contributed by atoms with E-state index in [0.717, 1.165) is 24.8 Å². The van der Waals surface area contributed by atoms with Gasteiger partial charge in [-0.2, -0.15) is 5.10 Å². The molecule has 0 aliphatic carbocycles. The number of hydrogen-bond acceptors (Lipinski definition) is 3. The van der Waals surface area contributed by atoms with Crippen LogP contribution in [-0.4, -0.2) is 21.3 Å². The lowest BCUT2D eigenvalue weighted by molar-refractivity contribution is 0.431. The predicted molar refractivity (Wildman–Crippen MR) is 66.2 cm³/mol. The second-order valence-electron chi connectivity index (χ2n) is 4.53. The van der Waals surface area contributed by atoms with Gasteiger partial charge in [0.1, 0.15) is 12.2 Å². The Labute approximate surface area is 98.5 Å². The van der Waals surface area contributed by atoms with Crippen molar-refractivity contribution in [1.82, 2.24) is 20.1 Å². The molecule has 4 nitrogen and oxygen atoms in total. The van der Waals surface area contributed by atoms with Crippen LogP contribution in [0, 0.1) is 5.92 Å². The lowest BCUT2D eigenvalue weighted by atomic mass is 10.0. The van der Waals surface area contributed by atoms with E-state index in [0.29, 0.717) is 6.04 Å². The van der Waals surface area contributed by atoms with Crippen LogP contribution in [0.25, 0.3) is 0 Å². The molecule has 16 heavy (non-hydrogen) atoms. The highest BCUT2D eigenvalue weighted by Crippen LogP contribution is 2.07. The maximum absolute atomic E-state index is 4.28. The molecule has 1 heterocycles. The molecule has 1 N–H and O–H groups in total. The first-order valence-corrected chi connectivity index (χ1v) is 6.28. The minimum atomic E-state index is 0.382. The highest BCUT2D eigenvalue weighted by atomic mass is 15.3. The average molecular weight is 224 g/mol. The number of hydrogen-bond donors (Lipinski definition) is 1. The molecule has 0 fully saturated rings. The summed E-state index contributed by atoms with van der Waals surface area (Å²) in [5, 5.41) is 7.68. The number of rotatable bonds is 7. The normalized spacial score (nSPS) is 11.6. The summed E-state index contributed by atoms with van der Waals surface area (Å²) in [5.41, 5.74) is 0. The minimum Gasteiger partial charge on any atom is -0.310 e. The molecule has 0 unspecified atom stereocenters. The maximum Gasteiger partial charge on any atom is 0.141 e. The van der Waals surface area contributed by atoms with E-state index in [4.69, 9.17) is 0 Å². The van der Waals surface area contributed by atoms with Crippen molar-refractivity contribution in [2.45, 2.75) is 53.1 Å². The van der Waals surface area contributed by atoms with E-state index in [2.05, 4.69) is 43.1 Å². The molecule has 0 saturated carbocycles. The zero-order valence-corrected chi connectivity index (χ0v) is 10.9. The first-order valence-electron chi connectivity index (χ1n) is 6.28. The van der Waals surface area contributed by atoms with E-state index in [1.807, 2.05) is 4.68 Å². The third kappa shape index (κ3) is 3.59. The van der Waals surface area contributed by atoms with Crippen molar-refractivity contribution in [3.63, 3.8) is 0 Å². The van der Waals surface area contributed by atoms with Gasteiger partial charge >= 0.3 is 0 Å². The Kier molecular flexibility index (Phi) is 5.46. The molecule has 1 rings (SSSR count). The van der Waals surface area contributed by atoms with Gasteiger partial charge in [-0.3, -0.25) is 0 Å². The van der Waals surface area contributed by atoms with Crippen LogP contribution in [0.5, 0.6) is 0 Å². The molecule has 0 aromatic carbocycles. The molecule has 0 radical (unpaired) electrons. The van der Waals surface area contributed by atoms with Crippen LogP contribution in [0.15, 0.2) is 6.33 Å². The summed E-state index contributed by atoms with van der Waals surface area (Å²) in [6.07, 6.45) is 4.11. The highest BCUT2D eigenvalue weighted by molar-refractivity contribution is 4.85. The van der Waals surface area contributed by atoms with Gasteiger partial charge in [-0.25, -0.2) is 9.67 Å². The van der Waals surface area contributed by atoms with Crippen molar-refractivity contribution < 1.29 is 0 Å². The van der Waals surface area contributed by atoms with Crippen molar-refractivity contribution in [2.75, 3.05) is 6.54 Å². The van der Waals surface area contributed by atoms with Gasteiger partial charge in [0, 0.05) is 6.04 Å². The van der Waals surface area contributed by atoms with Gasteiger partial charge in [0.25, 0.3) is 0 Å². The summed E-state index contributed by atoms with van der Waals surface area (Å²) >= 11 is 0. The quantitative estimate of drug-likeness (QED) is 0.773. The summed E-state index contributed by atoms with van der Waals surface area (Å²) in [6.45, 7) is 10.6. The van der Waals surface area contributed by atoms with Crippen molar-refractivity contribution in [2.24, 2.45) is 5.92 Å². The van der Waals surface area contributed by atoms with Crippen LogP contribution in [-0.2, 0) is 6.54 Å². The van der Waals surface area contributed by atoms with E-state index in [1.54, 1.807) is 6.33 Å². The standard InChI is InChI=1S/C12H24N4/c1-5-11(6-2)7-13-8-12-14-9-15-16(12)10(3)4/h9-11,13H,5-8H2,1-4H3. The minimum absolute atomic E-state index is 0.382. The fourth-order valence-electron chi connectivity index (χ4n) is 1.80. The van der Waals surface area contributed by atoms with Crippen LogP contribution < -0.4 is 5.32 Å². The molecule has 0 aliphatic rings. The second kappa shape index (κ2) is 6.63. The van der Waals surface area contributed by atoms with E-state index >= 15 is 0 Å². The Bertz CT molecular complexity index is 289. The van der Waals surface area contributed by atoms with E-state index in [-0.39, 0.29) is 0 Å². The van der Waals surface area contributed by atoms with E-state index in [9.17, 15) is 0 Å². The number of aromatic nitrogens is 3. The molecule has 1 aromatic heterocycles. The third-order valence-corrected chi connectivity index (χ3v) is 3.01. The van der Waals surface area contributed by atoms with Crippen LogP contribution in [0.1, 0.15) is 52.4 Å². The van der Waals surface area contributed by atoms with Gasteiger partial charge in [0.15, 0.2) is 0 Å². The molecule has 0 saturated heterocycles. The summed E-state index contributed by atoms with van der Waals surface area (Å²) < 4.78 is 1.97. The molecule has 0 spiro atoms. The molecule has 0 aliphatic heterocycles. The molecule has 4 heteroatoms. The third-order valence-electron chi connectivity index (χ3n) is 3.01. The summed E-state index contributed by atoms with van der Waals surface area (Å²) in [6, 6.07) is 0.382. The molecule has 0 bridgehead atoms. The fraction of sp³-hybridized carbons (Fsp3) is 0.833. The Morgan fingerprint density at radius 3 is 2.56 bits per heavy atom. The van der Waals surface area contributed by atoms with Crippen LogP contribution in [0.2, 0.25) is 0 Å². The summed E-state index contributed by atoms with van der Waals surface area (Å²) in [4.78, 5) is 4.28. The average Bonchev–Trinajstić information content (AvgIpc) is 2.72. The SMILES string of the molecule is CCC(CC)CNCc1ncnn1C(C)C. The topological polar surface area (TPSA) is 42.7 Å². The molecular formula is C12H24N4. The van der Waals surface area contributed by atoms with Crippen molar-refractivity contribution in [3.8, 4) is 0 Å².